The molecule has 1 rings (SSSR count). The molecule has 0 aliphatic heterocycles. The first kappa shape index (κ1) is 13.2. The summed E-state index contributed by atoms with van der Waals surface area (Å²) in [7, 11) is 1.96. The molecular formula is C13H25N3. The second-order valence-corrected chi connectivity index (χ2v) is 4.68. The van der Waals surface area contributed by atoms with Gasteiger partial charge in [0, 0.05) is 31.4 Å². The van der Waals surface area contributed by atoms with Crippen molar-refractivity contribution < 1.29 is 0 Å². The minimum atomic E-state index is 0.625. The fourth-order valence-electron chi connectivity index (χ4n) is 2.22. The van der Waals surface area contributed by atoms with Crippen LogP contribution in [0.2, 0.25) is 0 Å². The van der Waals surface area contributed by atoms with Gasteiger partial charge in [-0.2, -0.15) is 5.10 Å². The van der Waals surface area contributed by atoms with Crippen LogP contribution in [0, 0.1) is 5.92 Å². The summed E-state index contributed by atoms with van der Waals surface area (Å²) >= 11 is 0. The van der Waals surface area contributed by atoms with Gasteiger partial charge in [0.25, 0.3) is 0 Å². The van der Waals surface area contributed by atoms with E-state index in [4.69, 9.17) is 0 Å². The lowest BCUT2D eigenvalue weighted by Crippen LogP contribution is -2.33. The molecule has 3 nitrogen and oxygen atoms in total. The lowest BCUT2D eigenvalue weighted by atomic mass is 9.95. The number of nitrogens with one attached hydrogen (secondary N) is 1. The van der Waals surface area contributed by atoms with Crippen LogP contribution in [0.3, 0.4) is 0 Å². The summed E-state index contributed by atoms with van der Waals surface area (Å²) in [5.41, 5.74) is 1.27. The highest BCUT2D eigenvalue weighted by atomic mass is 15.2. The molecule has 1 N–H and O–H groups in total. The second kappa shape index (κ2) is 6.69. The SMILES string of the molecule is CCCC(C)C(CC)NCc1cnn(C)c1. The molecule has 1 heterocycles. The van der Waals surface area contributed by atoms with E-state index in [1.165, 1.54) is 24.8 Å². The van der Waals surface area contributed by atoms with Gasteiger partial charge in [-0.25, -0.2) is 0 Å². The molecule has 0 radical (unpaired) electrons. The van der Waals surface area contributed by atoms with Gasteiger partial charge in [-0.15, -0.1) is 0 Å². The van der Waals surface area contributed by atoms with Crippen LogP contribution in [-0.4, -0.2) is 15.8 Å². The Morgan fingerprint density at radius 2 is 2.19 bits per heavy atom. The van der Waals surface area contributed by atoms with Crippen molar-refractivity contribution in [3.63, 3.8) is 0 Å². The fraction of sp³-hybridized carbons (Fsp3) is 0.769. The number of hydrogen-bond acceptors (Lipinski definition) is 2. The summed E-state index contributed by atoms with van der Waals surface area (Å²) in [6.07, 6.45) is 7.78. The van der Waals surface area contributed by atoms with Crippen molar-refractivity contribution in [2.75, 3.05) is 0 Å². The van der Waals surface area contributed by atoms with E-state index in [0.29, 0.717) is 6.04 Å². The normalized spacial score (nSPS) is 15.0. The Kier molecular flexibility index (Phi) is 5.53. The van der Waals surface area contributed by atoms with Crippen molar-refractivity contribution in [3.05, 3.63) is 18.0 Å². The maximum atomic E-state index is 4.18. The van der Waals surface area contributed by atoms with Crippen molar-refractivity contribution in [1.29, 1.82) is 0 Å². The molecule has 0 saturated heterocycles. The van der Waals surface area contributed by atoms with Gasteiger partial charge >= 0.3 is 0 Å². The van der Waals surface area contributed by atoms with Gasteiger partial charge in [0.1, 0.15) is 0 Å². The van der Waals surface area contributed by atoms with E-state index in [0.717, 1.165) is 12.5 Å². The minimum absolute atomic E-state index is 0.625. The van der Waals surface area contributed by atoms with E-state index in [2.05, 4.69) is 37.4 Å². The summed E-state index contributed by atoms with van der Waals surface area (Å²) in [5, 5.41) is 7.81. The van der Waals surface area contributed by atoms with Gasteiger partial charge < -0.3 is 5.32 Å². The summed E-state index contributed by atoms with van der Waals surface area (Å²) in [6.45, 7) is 7.78. The van der Waals surface area contributed by atoms with Gasteiger partial charge in [-0.05, 0) is 18.8 Å². The third kappa shape index (κ3) is 3.97. The molecular weight excluding hydrogens is 198 g/mol. The fourth-order valence-corrected chi connectivity index (χ4v) is 2.22. The molecule has 0 aliphatic rings. The molecule has 1 aromatic heterocycles. The summed E-state index contributed by atoms with van der Waals surface area (Å²) in [5.74, 6) is 0.756. The Morgan fingerprint density at radius 1 is 1.44 bits per heavy atom. The highest BCUT2D eigenvalue weighted by Gasteiger charge is 2.13. The molecule has 2 atom stereocenters. The number of rotatable bonds is 7. The number of aromatic nitrogens is 2. The van der Waals surface area contributed by atoms with Crippen LogP contribution in [0.4, 0.5) is 0 Å². The smallest absolute Gasteiger partial charge is 0.0534 e. The third-order valence-electron chi connectivity index (χ3n) is 3.20. The molecule has 0 aromatic carbocycles. The molecule has 0 spiro atoms. The molecule has 0 amide bonds. The molecule has 92 valence electrons. The molecule has 3 heteroatoms. The van der Waals surface area contributed by atoms with Crippen LogP contribution in [0.15, 0.2) is 12.4 Å². The van der Waals surface area contributed by atoms with Crippen molar-refractivity contribution >= 4 is 0 Å². The van der Waals surface area contributed by atoms with E-state index in [-0.39, 0.29) is 0 Å². The molecule has 0 bridgehead atoms. The monoisotopic (exact) mass is 223 g/mol. The maximum absolute atomic E-state index is 4.18. The zero-order valence-corrected chi connectivity index (χ0v) is 11.0. The minimum Gasteiger partial charge on any atom is -0.310 e. The van der Waals surface area contributed by atoms with Crippen LogP contribution in [-0.2, 0) is 13.6 Å². The molecule has 1 aromatic rings. The summed E-state index contributed by atoms with van der Waals surface area (Å²) in [4.78, 5) is 0. The Hall–Kier alpha value is -0.830. The van der Waals surface area contributed by atoms with E-state index in [1.54, 1.807) is 0 Å². The average molecular weight is 223 g/mol. The van der Waals surface area contributed by atoms with Crippen LogP contribution in [0.1, 0.15) is 45.6 Å². The van der Waals surface area contributed by atoms with E-state index < -0.39 is 0 Å². The van der Waals surface area contributed by atoms with Crippen LogP contribution in [0.5, 0.6) is 0 Å². The second-order valence-electron chi connectivity index (χ2n) is 4.68. The van der Waals surface area contributed by atoms with Crippen LogP contribution >= 0.6 is 0 Å². The Morgan fingerprint density at radius 3 is 2.69 bits per heavy atom. The molecule has 2 unspecified atom stereocenters. The van der Waals surface area contributed by atoms with Crippen LogP contribution < -0.4 is 5.32 Å². The lowest BCUT2D eigenvalue weighted by molar-refractivity contribution is 0.344. The zero-order valence-electron chi connectivity index (χ0n) is 11.0. The molecule has 0 saturated carbocycles. The van der Waals surface area contributed by atoms with Gasteiger partial charge in [-0.3, -0.25) is 4.68 Å². The lowest BCUT2D eigenvalue weighted by Gasteiger charge is -2.23. The van der Waals surface area contributed by atoms with Crippen molar-refractivity contribution in [2.45, 2.75) is 52.6 Å². The Balaban J connectivity index is 2.39. The Bertz CT molecular complexity index is 293. The molecule has 0 fully saturated rings. The van der Waals surface area contributed by atoms with Crippen molar-refractivity contribution in [1.82, 2.24) is 15.1 Å². The van der Waals surface area contributed by atoms with Gasteiger partial charge in [0.05, 0.1) is 6.20 Å². The number of hydrogen-bond donors (Lipinski definition) is 1. The topological polar surface area (TPSA) is 29.9 Å². The highest BCUT2D eigenvalue weighted by molar-refractivity contribution is 5.03. The largest absolute Gasteiger partial charge is 0.310 e. The van der Waals surface area contributed by atoms with E-state index >= 15 is 0 Å². The summed E-state index contributed by atoms with van der Waals surface area (Å²) in [6, 6.07) is 0.625. The first-order valence-corrected chi connectivity index (χ1v) is 6.38. The van der Waals surface area contributed by atoms with Gasteiger partial charge in [-0.1, -0.05) is 27.2 Å². The number of aryl methyl sites for hydroxylation is 1. The van der Waals surface area contributed by atoms with Gasteiger partial charge in [0.15, 0.2) is 0 Å². The van der Waals surface area contributed by atoms with E-state index in [9.17, 15) is 0 Å². The van der Waals surface area contributed by atoms with E-state index in [1.807, 2.05) is 17.9 Å². The third-order valence-corrected chi connectivity index (χ3v) is 3.20. The standard InChI is InChI=1S/C13H25N3/c1-5-7-11(3)13(6-2)14-8-12-9-15-16(4)10-12/h9-11,13-14H,5-8H2,1-4H3. The number of nitrogens with zero attached hydrogens (tertiary/aromatic N) is 2. The molecule has 0 aliphatic carbocycles. The zero-order chi connectivity index (χ0) is 12.0. The van der Waals surface area contributed by atoms with Crippen molar-refractivity contribution in [2.24, 2.45) is 13.0 Å². The maximum Gasteiger partial charge on any atom is 0.0534 e. The van der Waals surface area contributed by atoms with Gasteiger partial charge in [0.2, 0.25) is 0 Å². The first-order valence-electron chi connectivity index (χ1n) is 6.38. The summed E-state index contributed by atoms with van der Waals surface area (Å²) < 4.78 is 1.85. The Labute approximate surface area is 99.2 Å². The predicted octanol–water partition coefficient (Wildman–Crippen LogP) is 2.72. The van der Waals surface area contributed by atoms with Crippen molar-refractivity contribution in [3.8, 4) is 0 Å². The average Bonchev–Trinajstić information content (AvgIpc) is 2.65. The van der Waals surface area contributed by atoms with Crippen LogP contribution in [0.25, 0.3) is 0 Å². The first-order chi connectivity index (χ1) is 7.67. The quantitative estimate of drug-likeness (QED) is 0.770. The predicted molar refractivity (Wildman–Crippen MR) is 68.2 cm³/mol. The molecule has 16 heavy (non-hydrogen) atoms. The highest BCUT2D eigenvalue weighted by Crippen LogP contribution is 2.13.